The van der Waals surface area contributed by atoms with Gasteiger partial charge in [-0.1, -0.05) is 32.1 Å². The van der Waals surface area contributed by atoms with Crippen molar-refractivity contribution >= 4 is 40.5 Å². The van der Waals surface area contributed by atoms with E-state index in [-0.39, 0.29) is 48.4 Å². The van der Waals surface area contributed by atoms with E-state index in [1.54, 1.807) is 61.4 Å². The molecular formula is C38H54F2N4O6. The van der Waals surface area contributed by atoms with Crippen molar-refractivity contribution in [2.45, 2.75) is 116 Å². The molecule has 3 atom stereocenters. The number of aromatic nitrogens is 1. The van der Waals surface area contributed by atoms with Crippen molar-refractivity contribution in [3.63, 3.8) is 0 Å². The number of esters is 1. The first-order valence-electron chi connectivity index (χ1n) is 18.5. The van der Waals surface area contributed by atoms with Crippen molar-refractivity contribution in [1.82, 2.24) is 14.8 Å². The minimum atomic E-state index is -0.712. The molecule has 1 aliphatic heterocycles. The highest BCUT2D eigenvalue weighted by Crippen LogP contribution is 2.41. The lowest BCUT2D eigenvalue weighted by molar-refractivity contribution is -0.142. The Bertz CT molecular complexity index is 1510. The van der Waals surface area contributed by atoms with E-state index < -0.39 is 43.1 Å². The Hall–Kier alpha value is -3.70. The highest BCUT2D eigenvalue weighted by molar-refractivity contribution is 6.01. The number of alkyl halides is 2. The summed E-state index contributed by atoms with van der Waals surface area (Å²) in [6.07, 6.45) is 7.94. The molecule has 2 aromatic rings. The standard InChI is InChI=1S/C38H54F2N4O6/c1-5-49-36(47)32-22-27-21-28(15-16-31(27)43(32)20-18-39)41-34(45)33-29(24-9-7-6-8-10-24)17-19-44(33)35(46)26-13-11-25(12-14-26)30(23-40)42-37(48)50-38(2,3)4/h15-16,21-22,24-26,29-30,33H,5-14,17-20,23H2,1-4H3,(H,41,45)(H,42,48)/t25?,26?,29-,30+,33-/m0/s1. The number of hydrogen-bond donors (Lipinski definition) is 2. The number of fused-ring (bicyclic) bond motifs is 1. The van der Waals surface area contributed by atoms with Crippen LogP contribution in [0.5, 0.6) is 0 Å². The van der Waals surface area contributed by atoms with Crippen LogP contribution in [0.1, 0.15) is 102 Å². The lowest BCUT2D eigenvalue weighted by atomic mass is 9.76. The number of halogens is 2. The maximum Gasteiger partial charge on any atom is 0.407 e. The van der Waals surface area contributed by atoms with Crippen LogP contribution in [0.2, 0.25) is 0 Å². The van der Waals surface area contributed by atoms with Gasteiger partial charge in [0.2, 0.25) is 11.8 Å². The van der Waals surface area contributed by atoms with Crippen molar-refractivity contribution in [3.05, 3.63) is 30.0 Å². The summed E-state index contributed by atoms with van der Waals surface area (Å²) in [5.41, 5.74) is 0.757. The molecule has 0 radical (unpaired) electrons. The van der Waals surface area contributed by atoms with E-state index in [0.717, 1.165) is 32.1 Å². The number of alkyl carbamates (subject to hydrolysis) is 1. The number of aryl methyl sites for hydroxylation is 1. The fraction of sp³-hybridized carbons (Fsp3) is 0.684. The van der Waals surface area contributed by atoms with Crippen molar-refractivity contribution in [2.75, 3.05) is 31.8 Å². The number of rotatable bonds is 11. The average Bonchev–Trinajstić information content (AvgIpc) is 3.69. The van der Waals surface area contributed by atoms with Crippen molar-refractivity contribution < 1.29 is 37.4 Å². The smallest absolute Gasteiger partial charge is 0.407 e. The minimum Gasteiger partial charge on any atom is -0.461 e. The van der Waals surface area contributed by atoms with Crippen LogP contribution in [0.4, 0.5) is 19.3 Å². The van der Waals surface area contributed by atoms with Crippen molar-refractivity contribution in [1.29, 1.82) is 0 Å². The molecule has 5 rings (SSSR count). The van der Waals surface area contributed by atoms with Crippen LogP contribution >= 0.6 is 0 Å². The normalized spacial score (nSPS) is 23.8. The molecule has 2 heterocycles. The number of hydrogen-bond acceptors (Lipinski definition) is 6. The molecule has 3 fully saturated rings. The summed E-state index contributed by atoms with van der Waals surface area (Å²) in [6.45, 7) is 6.34. The zero-order valence-electron chi connectivity index (χ0n) is 30.0. The first-order chi connectivity index (χ1) is 23.9. The molecule has 50 heavy (non-hydrogen) atoms. The van der Waals surface area contributed by atoms with Crippen LogP contribution in [0, 0.1) is 23.7 Å². The molecule has 0 unspecified atom stereocenters. The SMILES string of the molecule is CCOC(=O)c1cc2cc(NC(=O)[C@@H]3[C@H](C4CCCCC4)CCN3C(=O)C3CCC([C@@H](CF)NC(=O)OC(C)(C)C)CC3)ccc2n1CCF. The molecule has 10 nitrogen and oxygen atoms in total. The predicted molar refractivity (Wildman–Crippen MR) is 187 cm³/mol. The number of likely N-dealkylation sites (tertiary alicyclic amines) is 1. The Kier molecular flexibility index (Phi) is 12.4. The van der Waals surface area contributed by atoms with Crippen LogP contribution in [0.25, 0.3) is 10.9 Å². The van der Waals surface area contributed by atoms with E-state index in [0.29, 0.717) is 54.7 Å². The first-order valence-corrected chi connectivity index (χ1v) is 18.5. The first kappa shape index (κ1) is 37.6. The van der Waals surface area contributed by atoms with E-state index >= 15 is 0 Å². The van der Waals surface area contributed by atoms with Gasteiger partial charge in [0.15, 0.2) is 0 Å². The predicted octanol–water partition coefficient (Wildman–Crippen LogP) is 7.19. The number of amides is 3. The highest BCUT2D eigenvalue weighted by Gasteiger charge is 2.47. The largest absolute Gasteiger partial charge is 0.461 e. The van der Waals surface area contributed by atoms with Gasteiger partial charge in [-0.3, -0.25) is 9.59 Å². The molecule has 12 heteroatoms. The van der Waals surface area contributed by atoms with Crippen LogP contribution < -0.4 is 10.6 Å². The number of carbonyl (C=O) groups is 4. The Morgan fingerprint density at radius 1 is 0.960 bits per heavy atom. The van der Waals surface area contributed by atoms with Gasteiger partial charge >= 0.3 is 12.1 Å². The van der Waals surface area contributed by atoms with E-state index in [1.807, 2.05) is 0 Å². The summed E-state index contributed by atoms with van der Waals surface area (Å²) in [4.78, 5) is 55.1. The maximum absolute atomic E-state index is 14.2. The highest BCUT2D eigenvalue weighted by atomic mass is 19.1. The summed E-state index contributed by atoms with van der Waals surface area (Å²) in [5.74, 6) is -0.767. The van der Waals surface area contributed by atoms with Gasteiger partial charge in [-0.15, -0.1) is 0 Å². The van der Waals surface area contributed by atoms with Gasteiger partial charge in [0.1, 0.15) is 30.7 Å². The number of carbonyl (C=O) groups excluding carboxylic acids is 4. The van der Waals surface area contributed by atoms with Crippen LogP contribution in [0.3, 0.4) is 0 Å². The molecule has 0 bridgehead atoms. The van der Waals surface area contributed by atoms with E-state index in [4.69, 9.17) is 9.47 Å². The van der Waals surface area contributed by atoms with Gasteiger partial charge in [-0.2, -0.15) is 0 Å². The Morgan fingerprint density at radius 3 is 2.32 bits per heavy atom. The summed E-state index contributed by atoms with van der Waals surface area (Å²) < 4.78 is 39.6. The van der Waals surface area contributed by atoms with Crippen LogP contribution in [-0.2, 0) is 25.6 Å². The summed E-state index contributed by atoms with van der Waals surface area (Å²) in [7, 11) is 0. The molecule has 2 N–H and O–H groups in total. The molecule has 276 valence electrons. The fourth-order valence-corrected chi connectivity index (χ4v) is 8.46. The second kappa shape index (κ2) is 16.5. The van der Waals surface area contributed by atoms with Gasteiger partial charge in [0.25, 0.3) is 0 Å². The maximum atomic E-state index is 14.2. The third-order valence-corrected chi connectivity index (χ3v) is 10.8. The van der Waals surface area contributed by atoms with Crippen LogP contribution in [0.15, 0.2) is 24.3 Å². The Morgan fingerprint density at radius 2 is 1.68 bits per heavy atom. The number of nitrogens with zero attached hydrogens (tertiary/aromatic N) is 2. The molecule has 0 spiro atoms. The van der Waals surface area contributed by atoms with Gasteiger partial charge in [0, 0.05) is 29.1 Å². The quantitative estimate of drug-likeness (QED) is 0.240. The number of benzene rings is 1. The van der Waals surface area contributed by atoms with E-state index in [9.17, 15) is 28.0 Å². The Labute approximate surface area is 294 Å². The molecule has 2 saturated carbocycles. The number of ether oxygens (including phenoxy) is 2. The summed E-state index contributed by atoms with van der Waals surface area (Å²) in [6, 6.07) is 5.64. The lowest BCUT2D eigenvalue weighted by Gasteiger charge is -2.37. The van der Waals surface area contributed by atoms with Gasteiger partial charge in [-0.25, -0.2) is 18.4 Å². The van der Waals surface area contributed by atoms with Crippen molar-refractivity contribution in [2.24, 2.45) is 23.7 Å². The van der Waals surface area contributed by atoms with Gasteiger partial charge in [0.05, 0.1) is 19.2 Å². The minimum absolute atomic E-state index is 0.00215. The zero-order valence-corrected chi connectivity index (χ0v) is 30.0. The number of anilines is 1. The second-order valence-electron chi connectivity index (χ2n) is 15.2. The fourth-order valence-electron chi connectivity index (χ4n) is 8.46. The molecule has 3 aliphatic rings. The molecule has 1 aromatic heterocycles. The molecular weight excluding hydrogens is 646 g/mol. The monoisotopic (exact) mass is 700 g/mol. The summed E-state index contributed by atoms with van der Waals surface area (Å²) >= 11 is 0. The summed E-state index contributed by atoms with van der Waals surface area (Å²) in [5, 5.41) is 6.45. The molecule has 2 aliphatic carbocycles. The molecule has 1 saturated heterocycles. The van der Waals surface area contributed by atoms with Crippen molar-refractivity contribution in [3.8, 4) is 0 Å². The van der Waals surface area contributed by atoms with E-state index in [2.05, 4.69) is 10.6 Å². The third kappa shape index (κ3) is 8.77. The third-order valence-electron chi connectivity index (χ3n) is 10.8. The van der Waals surface area contributed by atoms with E-state index in [1.165, 1.54) is 6.42 Å². The van der Waals surface area contributed by atoms with Crippen LogP contribution in [-0.4, -0.2) is 77.5 Å². The topological polar surface area (TPSA) is 119 Å². The zero-order chi connectivity index (χ0) is 36.0. The Balaban J connectivity index is 1.30. The molecule has 1 aromatic carbocycles. The van der Waals surface area contributed by atoms with Gasteiger partial charge < -0.3 is 29.6 Å². The molecule has 3 amide bonds. The average molecular weight is 701 g/mol. The lowest BCUT2D eigenvalue weighted by Crippen LogP contribution is -2.50. The van der Waals surface area contributed by atoms with Gasteiger partial charge in [-0.05, 0) is 102 Å². The number of nitrogens with one attached hydrogen (secondary N) is 2. The second-order valence-corrected chi connectivity index (χ2v) is 15.2.